The van der Waals surface area contributed by atoms with Crippen molar-refractivity contribution in [3.05, 3.63) is 187 Å². The molecule has 0 saturated heterocycles. The molecule has 1 aliphatic carbocycles. The number of nitrogens with zero attached hydrogens (tertiary/aromatic N) is 3. The van der Waals surface area contributed by atoms with Gasteiger partial charge in [0.15, 0.2) is 5.84 Å². The van der Waals surface area contributed by atoms with Gasteiger partial charge in [-0.25, -0.2) is 9.98 Å². The van der Waals surface area contributed by atoms with E-state index in [2.05, 4.69) is 174 Å². The number of fused-ring (bicyclic) bond motifs is 9. The lowest BCUT2D eigenvalue weighted by atomic mass is 9.95. The molecule has 1 N–H and O–H groups in total. The zero-order valence-corrected chi connectivity index (χ0v) is 30.8. The first-order valence-electron chi connectivity index (χ1n) is 19.5. The number of furan rings is 2. The second-order valence-electron chi connectivity index (χ2n) is 14.9. The lowest BCUT2D eigenvalue weighted by molar-refractivity contribution is 0.668. The van der Waals surface area contributed by atoms with Gasteiger partial charge in [0.1, 0.15) is 34.3 Å². The highest BCUT2D eigenvalue weighted by Gasteiger charge is 2.24. The first-order valence-corrected chi connectivity index (χ1v) is 19.5. The summed E-state index contributed by atoms with van der Waals surface area (Å²) >= 11 is 0. The van der Waals surface area contributed by atoms with Gasteiger partial charge in [-0.1, -0.05) is 109 Å². The van der Waals surface area contributed by atoms with Gasteiger partial charge in [0.2, 0.25) is 0 Å². The lowest BCUT2D eigenvalue weighted by Crippen LogP contribution is -2.34. The Bertz CT molecular complexity index is 3340. The van der Waals surface area contributed by atoms with Crippen LogP contribution in [0.25, 0.3) is 82.5 Å². The van der Waals surface area contributed by atoms with Gasteiger partial charge >= 0.3 is 0 Å². The predicted molar refractivity (Wildman–Crippen MR) is 234 cm³/mol. The van der Waals surface area contributed by atoms with Crippen molar-refractivity contribution < 1.29 is 8.83 Å². The smallest absolute Gasteiger partial charge is 0.159 e. The van der Waals surface area contributed by atoms with E-state index in [1.807, 2.05) is 6.07 Å². The summed E-state index contributed by atoms with van der Waals surface area (Å²) < 4.78 is 15.6. The van der Waals surface area contributed by atoms with Crippen molar-refractivity contribution in [1.82, 2.24) is 9.88 Å². The molecule has 0 amide bonds. The van der Waals surface area contributed by atoms with E-state index in [0.717, 1.165) is 90.5 Å². The van der Waals surface area contributed by atoms with Crippen LogP contribution in [0, 0.1) is 0 Å². The van der Waals surface area contributed by atoms with E-state index in [1.165, 1.54) is 27.4 Å². The van der Waals surface area contributed by atoms with E-state index in [-0.39, 0.29) is 6.17 Å². The van der Waals surface area contributed by atoms with Crippen molar-refractivity contribution >= 4 is 77.4 Å². The molecule has 6 heteroatoms. The molecule has 1 unspecified atom stereocenters. The molecular weight excluding hydrogens is 701 g/mol. The van der Waals surface area contributed by atoms with E-state index < -0.39 is 0 Å². The third-order valence-electron chi connectivity index (χ3n) is 11.5. The summed E-state index contributed by atoms with van der Waals surface area (Å²) in [6.45, 7) is 0. The van der Waals surface area contributed by atoms with Crippen LogP contribution in [-0.2, 0) is 0 Å². The van der Waals surface area contributed by atoms with Gasteiger partial charge < -0.3 is 18.7 Å². The topological polar surface area (TPSA) is 68.0 Å². The summed E-state index contributed by atoms with van der Waals surface area (Å²) in [5.74, 6) is 1.57. The fourth-order valence-corrected chi connectivity index (χ4v) is 8.92. The van der Waals surface area contributed by atoms with Crippen LogP contribution in [0.1, 0.15) is 30.1 Å². The van der Waals surface area contributed by atoms with Gasteiger partial charge in [0.05, 0.1) is 11.0 Å². The fraction of sp³-hybridized carbons (Fsp3) is 0.0588. The first kappa shape index (κ1) is 31.9. The molecule has 1 aliphatic heterocycles. The van der Waals surface area contributed by atoms with Crippen molar-refractivity contribution in [2.24, 2.45) is 9.98 Å². The minimum Gasteiger partial charge on any atom is -0.456 e. The van der Waals surface area contributed by atoms with E-state index in [4.69, 9.17) is 18.8 Å². The van der Waals surface area contributed by atoms with Crippen molar-refractivity contribution in [2.45, 2.75) is 19.0 Å². The molecule has 6 nitrogen and oxygen atoms in total. The van der Waals surface area contributed by atoms with Gasteiger partial charge in [-0.3, -0.25) is 0 Å². The van der Waals surface area contributed by atoms with Crippen LogP contribution in [-0.4, -0.2) is 16.2 Å². The zero-order chi connectivity index (χ0) is 37.5. The van der Waals surface area contributed by atoms with Crippen LogP contribution < -0.4 is 5.32 Å². The number of amidine groups is 2. The number of rotatable bonds is 5. The van der Waals surface area contributed by atoms with Crippen LogP contribution in [0.15, 0.2) is 194 Å². The maximum atomic E-state index is 6.68. The van der Waals surface area contributed by atoms with Gasteiger partial charge in [0.25, 0.3) is 0 Å². The molecule has 0 bridgehead atoms. The highest BCUT2D eigenvalue weighted by atomic mass is 16.3. The molecule has 0 saturated carbocycles. The van der Waals surface area contributed by atoms with Gasteiger partial charge in [-0.2, -0.15) is 0 Å². The van der Waals surface area contributed by atoms with E-state index >= 15 is 0 Å². The minimum absolute atomic E-state index is 0.254. The summed E-state index contributed by atoms with van der Waals surface area (Å²) in [6.07, 6.45) is 8.14. The van der Waals surface area contributed by atoms with Crippen LogP contribution in [0.4, 0.5) is 0 Å². The molecule has 0 spiro atoms. The highest BCUT2D eigenvalue weighted by molar-refractivity contribution is 6.21. The first-order chi connectivity index (χ1) is 28.2. The molecule has 0 radical (unpaired) electrons. The summed E-state index contributed by atoms with van der Waals surface area (Å²) in [6, 6.07) is 53.1. The third-order valence-corrected chi connectivity index (χ3v) is 11.5. The average molecular weight is 735 g/mol. The average Bonchev–Trinajstić information content (AvgIpc) is 3.96. The highest BCUT2D eigenvalue weighted by Crippen LogP contribution is 2.43. The van der Waals surface area contributed by atoms with E-state index in [1.54, 1.807) is 0 Å². The monoisotopic (exact) mass is 734 g/mol. The van der Waals surface area contributed by atoms with Crippen molar-refractivity contribution in [2.75, 3.05) is 0 Å². The quantitative estimate of drug-likeness (QED) is 0.191. The minimum atomic E-state index is -0.254. The zero-order valence-electron chi connectivity index (χ0n) is 30.8. The molecule has 1 atom stereocenters. The Kier molecular flexibility index (Phi) is 7.01. The number of hydrogen-bond acceptors (Lipinski definition) is 5. The van der Waals surface area contributed by atoms with Crippen molar-refractivity contribution in [3.63, 3.8) is 0 Å². The van der Waals surface area contributed by atoms with Crippen molar-refractivity contribution in [1.29, 1.82) is 0 Å². The molecule has 57 heavy (non-hydrogen) atoms. The second kappa shape index (κ2) is 12.5. The molecule has 7 aromatic carbocycles. The number of hydrogen-bond donors (Lipinski definition) is 1. The van der Waals surface area contributed by atoms with Gasteiger partial charge in [-0.05, 0) is 89.7 Å². The van der Waals surface area contributed by atoms with E-state index in [0.29, 0.717) is 5.84 Å². The van der Waals surface area contributed by atoms with Crippen LogP contribution in [0.2, 0.25) is 0 Å². The normalized spacial score (nSPS) is 15.8. The van der Waals surface area contributed by atoms with E-state index in [9.17, 15) is 0 Å². The summed E-state index contributed by atoms with van der Waals surface area (Å²) in [7, 11) is 0. The largest absolute Gasteiger partial charge is 0.456 e. The Hall–Kier alpha value is -7.44. The molecular formula is C51H34N4O2. The number of aromatic nitrogens is 1. The molecule has 10 aromatic rings. The fourth-order valence-electron chi connectivity index (χ4n) is 8.92. The van der Waals surface area contributed by atoms with Crippen molar-refractivity contribution in [3.8, 4) is 16.8 Å². The number of benzene rings is 7. The predicted octanol–water partition coefficient (Wildman–Crippen LogP) is 13.0. The number of allylic oxidation sites excluding steroid dienone is 3. The SMILES string of the molecule is C1=CCCC(C2=NC(c3ccc4oc5cccc(-c6cccc7oc8cc(-n9c%10ccccc%10c%10ccccc%109)ccc8c67)c5c4c3)=NC(c3ccccc3)N2)=C1. The molecule has 270 valence electrons. The standard InChI is InChI=1S/C51H34N4O2/c1-3-13-31(14-4-1)49-52-50(32-15-5-2-6-16-32)54-51(53-49)33-25-28-43-40(29-33)48-38(20-12-24-45(48)56-43)37-19-11-23-44-47(37)39-27-26-34(30-46(39)57-44)55-41-21-9-7-17-35(41)36-18-8-10-22-42(36)55/h1-5,7-15,17-30,49H,6,16H2,(H,52,53,54). The Morgan fingerprint density at radius 2 is 1.28 bits per heavy atom. The summed E-state index contributed by atoms with van der Waals surface area (Å²) in [5, 5.41) is 10.3. The van der Waals surface area contributed by atoms with Crippen LogP contribution in [0.3, 0.4) is 0 Å². The van der Waals surface area contributed by atoms with Crippen LogP contribution >= 0.6 is 0 Å². The van der Waals surface area contributed by atoms with Gasteiger partial charge in [-0.15, -0.1) is 0 Å². The molecule has 0 fully saturated rings. The van der Waals surface area contributed by atoms with Gasteiger partial charge in [0, 0.05) is 49.6 Å². The van der Waals surface area contributed by atoms with Crippen LogP contribution in [0.5, 0.6) is 0 Å². The number of para-hydroxylation sites is 2. The Labute approximate surface area is 327 Å². The Morgan fingerprint density at radius 1 is 0.579 bits per heavy atom. The lowest BCUT2D eigenvalue weighted by Gasteiger charge is -2.25. The number of nitrogens with one attached hydrogen (secondary N) is 1. The summed E-state index contributed by atoms with van der Waals surface area (Å²) in [4.78, 5) is 10.3. The maximum absolute atomic E-state index is 6.68. The Balaban J connectivity index is 1.02. The molecule has 3 aromatic heterocycles. The maximum Gasteiger partial charge on any atom is 0.159 e. The molecule has 4 heterocycles. The second-order valence-corrected chi connectivity index (χ2v) is 14.9. The molecule has 2 aliphatic rings. The summed E-state index contributed by atoms with van der Waals surface area (Å²) in [5.41, 5.74) is 12.1. The third kappa shape index (κ3) is 5.04. The Morgan fingerprint density at radius 3 is 2.02 bits per heavy atom. The number of aliphatic imine (C=N–C) groups is 2. The molecule has 12 rings (SSSR count).